The van der Waals surface area contributed by atoms with Crippen LogP contribution in [0.5, 0.6) is 0 Å². The molecule has 2 N–H and O–H groups in total. The average molecular weight is 680 g/mol. The van der Waals surface area contributed by atoms with E-state index in [2.05, 4.69) is 53.8 Å². The summed E-state index contributed by atoms with van der Waals surface area (Å²) < 4.78 is 6.17. The first-order valence-corrected chi connectivity index (χ1v) is 20.3. The molecule has 0 saturated heterocycles. The van der Waals surface area contributed by atoms with E-state index >= 15 is 0 Å². The number of hydrogen-bond acceptors (Lipinski definition) is 5. The predicted molar refractivity (Wildman–Crippen MR) is 195 cm³/mol. The molecule has 5 fully saturated rings. The van der Waals surface area contributed by atoms with Gasteiger partial charge >= 0.3 is 11.9 Å². The molecule has 0 spiro atoms. The first-order valence-electron chi connectivity index (χ1n) is 20.3. The summed E-state index contributed by atoms with van der Waals surface area (Å²) in [6.07, 6.45) is 15.1. The van der Waals surface area contributed by atoms with Crippen molar-refractivity contribution in [3.8, 4) is 0 Å². The first kappa shape index (κ1) is 37.1. The predicted octanol–water partition coefficient (Wildman–Crippen LogP) is 9.41. The highest BCUT2D eigenvalue weighted by molar-refractivity contribution is 6.01. The Bertz CT molecular complexity index is 1340. The monoisotopic (exact) mass is 680 g/mol. The maximum atomic E-state index is 14.3. The molecule has 0 aromatic rings. The van der Waals surface area contributed by atoms with Crippen molar-refractivity contribution in [2.75, 3.05) is 13.1 Å². The van der Waals surface area contributed by atoms with Crippen molar-refractivity contribution in [1.82, 2.24) is 5.32 Å². The Morgan fingerprint density at radius 1 is 0.898 bits per heavy atom. The number of carboxylic acids is 1. The topological polar surface area (TPSA) is 92.7 Å². The summed E-state index contributed by atoms with van der Waals surface area (Å²) in [5.74, 6) is 2.34. The third-order valence-corrected chi connectivity index (χ3v) is 16.5. The summed E-state index contributed by atoms with van der Waals surface area (Å²) in [7, 11) is 0. The molecule has 0 aromatic heterocycles. The Kier molecular flexibility index (Phi) is 9.89. The zero-order valence-corrected chi connectivity index (χ0v) is 32.5. The molecular weight excluding hydrogens is 610 g/mol. The van der Waals surface area contributed by atoms with Crippen molar-refractivity contribution in [1.29, 1.82) is 0 Å². The van der Waals surface area contributed by atoms with Crippen molar-refractivity contribution >= 4 is 17.7 Å². The molecule has 6 aliphatic carbocycles. The van der Waals surface area contributed by atoms with E-state index in [9.17, 15) is 19.5 Å². The van der Waals surface area contributed by atoms with Gasteiger partial charge in [-0.05, 0) is 155 Å². The highest BCUT2D eigenvalue weighted by Crippen LogP contribution is 2.75. The van der Waals surface area contributed by atoms with Gasteiger partial charge in [-0.1, -0.05) is 66.9 Å². The Morgan fingerprint density at radius 2 is 1.57 bits per heavy atom. The second kappa shape index (κ2) is 13.1. The van der Waals surface area contributed by atoms with Crippen molar-refractivity contribution in [3.63, 3.8) is 0 Å². The van der Waals surface area contributed by atoms with Gasteiger partial charge in [0.25, 0.3) is 0 Å². The van der Waals surface area contributed by atoms with E-state index in [-0.39, 0.29) is 52.0 Å². The molecule has 9 atom stereocenters. The zero-order chi connectivity index (χ0) is 35.7. The molecule has 49 heavy (non-hydrogen) atoms. The van der Waals surface area contributed by atoms with E-state index < -0.39 is 11.4 Å². The molecule has 0 bridgehead atoms. The second-order valence-electron chi connectivity index (χ2n) is 20.1. The first-order chi connectivity index (χ1) is 22.9. The summed E-state index contributed by atoms with van der Waals surface area (Å²) in [5.41, 5.74) is 1.98. The molecule has 6 aliphatic rings. The van der Waals surface area contributed by atoms with Gasteiger partial charge in [-0.3, -0.25) is 14.4 Å². The fourth-order valence-electron chi connectivity index (χ4n) is 13.6. The van der Waals surface area contributed by atoms with Crippen LogP contribution in [0.15, 0.2) is 11.1 Å². The lowest BCUT2D eigenvalue weighted by Crippen LogP contribution is -2.65. The molecule has 6 heteroatoms. The van der Waals surface area contributed by atoms with Gasteiger partial charge < -0.3 is 15.2 Å². The van der Waals surface area contributed by atoms with Crippen LogP contribution in [0.3, 0.4) is 0 Å². The van der Waals surface area contributed by atoms with Gasteiger partial charge in [-0.15, -0.1) is 0 Å². The zero-order valence-electron chi connectivity index (χ0n) is 32.5. The highest BCUT2D eigenvalue weighted by atomic mass is 16.5. The SMILES string of the molecule is CC(C)C1=C2C(CC[C@]3(C)[C@@H]2CC[C@@H]2[C@@]4(C)CC[C@H](OC(=O)CC(C)(C)C(=O)O)C(C)(C)[C@@H]4CC[C@]23C)[C@H](CCNCC2CCCC2)C1=O. The number of esters is 1. The van der Waals surface area contributed by atoms with E-state index in [1.54, 1.807) is 19.4 Å². The molecule has 1 unspecified atom stereocenters. The standard InChI is InChI=1S/C43H69NO5/c1-26(2)35-36-28(29(37(35)46)19-23-44-25-27-12-10-11-13-27)16-21-42(8)30(36)14-15-32-41(7)20-18-33(49-34(45)24-39(3,4)38(47)48)40(5,6)31(41)17-22-43(32,42)9/h26-33,44H,10-25H2,1-9H3,(H,47,48)/t28?,29-,30+,31-,32+,33-,41-,42+,43+/m0/s1. The van der Waals surface area contributed by atoms with Gasteiger partial charge in [0, 0.05) is 11.3 Å². The number of nitrogens with one attached hydrogen (secondary N) is 1. The van der Waals surface area contributed by atoms with Crippen molar-refractivity contribution < 1.29 is 24.2 Å². The summed E-state index contributed by atoms with van der Waals surface area (Å²) >= 11 is 0. The lowest BCUT2D eigenvalue weighted by molar-refractivity contribution is -0.232. The third-order valence-electron chi connectivity index (χ3n) is 16.5. The number of ketones is 1. The molecule has 0 amide bonds. The molecule has 6 rings (SSSR count). The van der Waals surface area contributed by atoms with Gasteiger partial charge in [0.05, 0.1) is 11.8 Å². The number of carbonyl (C=O) groups excluding carboxylic acids is 2. The van der Waals surface area contributed by atoms with Crippen LogP contribution in [0.2, 0.25) is 0 Å². The van der Waals surface area contributed by atoms with Crippen molar-refractivity contribution in [3.05, 3.63) is 11.1 Å². The fraction of sp³-hybridized carbons (Fsp3) is 0.884. The number of Topliss-reactive ketones (excluding diaryl/α,β-unsaturated/α-hetero) is 1. The number of carbonyl (C=O) groups is 3. The van der Waals surface area contributed by atoms with E-state index in [0.29, 0.717) is 29.5 Å². The Labute approximate surface area is 297 Å². The van der Waals surface area contributed by atoms with Crippen LogP contribution in [0, 0.1) is 68.5 Å². The maximum absolute atomic E-state index is 14.3. The lowest BCUT2D eigenvalue weighted by Gasteiger charge is -2.71. The molecule has 0 heterocycles. The molecule has 5 saturated carbocycles. The summed E-state index contributed by atoms with van der Waals surface area (Å²) in [6.45, 7) is 22.2. The van der Waals surface area contributed by atoms with Crippen LogP contribution >= 0.6 is 0 Å². The van der Waals surface area contributed by atoms with Gasteiger partial charge in [0.15, 0.2) is 5.78 Å². The summed E-state index contributed by atoms with van der Waals surface area (Å²) in [6, 6.07) is 0. The Hall–Kier alpha value is -1.69. The van der Waals surface area contributed by atoms with E-state index in [1.165, 1.54) is 56.9 Å². The normalized spacial score (nSPS) is 40.5. The number of allylic oxidation sites excluding steroid dienone is 2. The average Bonchev–Trinajstić information content (AvgIpc) is 3.62. The maximum Gasteiger partial charge on any atom is 0.309 e. The minimum atomic E-state index is -1.13. The van der Waals surface area contributed by atoms with Crippen molar-refractivity contribution in [2.45, 2.75) is 158 Å². The van der Waals surface area contributed by atoms with E-state index in [0.717, 1.165) is 51.1 Å². The molecule has 0 radical (unpaired) electrons. The van der Waals surface area contributed by atoms with Crippen LogP contribution in [-0.2, 0) is 19.1 Å². The van der Waals surface area contributed by atoms with E-state index in [4.69, 9.17) is 4.74 Å². The number of fused-ring (bicyclic) bond motifs is 7. The number of aliphatic carboxylic acids is 1. The Morgan fingerprint density at radius 3 is 2.22 bits per heavy atom. The highest BCUT2D eigenvalue weighted by Gasteiger charge is 2.69. The van der Waals surface area contributed by atoms with Crippen LogP contribution in [0.25, 0.3) is 0 Å². The second-order valence-corrected chi connectivity index (χ2v) is 20.1. The molecule has 0 aromatic carbocycles. The van der Waals surface area contributed by atoms with E-state index in [1.807, 2.05) is 0 Å². The quantitative estimate of drug-likeness (QED) is 0.177. The van der Waals surface area contributed by atoms with Gasteiger partial charge in [-0.2, -0.15) is 0 Å². The number of ether oxygens (including phenoxy) is 1. The summed E-state index contributed by atoms with van der Waals surface area (Å²) in [4.78, 5) is 39.0. The van der Waals surface area contributed by atoms with Gasteiger partial charge in [0.2, 0.25) is 0 Å². The number of rotatable bonds is 10. The molecular formula is C43H69NO5. The van der Waals surface area contributed by atoms with Gasteiger partial charge in [-0.25, -0.2) is 0 Å². The smallest absolute Gasteiger partial charge is 0.309 e. The fourth-order valence-corrected chi connectivity index (χ4v) is 13.6. The van der Waals surface area contributed by atoms with Crippen LogP contribution in [0.1, 0.15) is 152 Å². The van der Waals surface area contributed by atoms with Crippen LogP contribution in [0.4, 0.5) is 0 Å². The minimum absolute atomic E-state index is 0.104. The number of carboxylic acid groups (broad SMARTS) is 1. The van der Waals surface area contributed by atoms with Crippen LogP contribution in [-0.4, -0.2) is 42.0 Å². The lowest BCUT2D eigenvalue weighted by atomic mass is 9.33. The van der Waals surface area contributed by atoms with Crippen LogP contribution < -0.4 is 5.32 Å². The molecule has 0 aliphatic heterocycles. The molecule has 276 valence electrons. The Balaban J connectivity index is 1.20. The number of hydrogen-bond donors (Lipinski definition) is 2. The summed E-state index contributed by atoms with van der Waals surface area (Å²) in [5, 5.41) is 13.4. The largest absolute Gasteiger partial charge is 0.481 e. The van der Waals surface area contributed by atoms with Crippen molar-refractivity contribution in [2.24, 2.45) is 68.5 Å². The van der Waals surface area contributed by atoms with Gasteiger partial charge in [0.1, 0.15) is 6.10 Å². The minimum Gasteiger partial charge on any atom is -0.481 e. The third kappa shape index (κ3) is 5.98. The molecule has 6 nitrogen and oxygen atoms in total.